The van der Waals surface area contributed by atoms with Crippen LogP contribution in [0.1, 0.15) is 18.1 Å². The number of fused-ring (bicyclic) bond motifs is 1. The van der Waals surface area contributed by atoms with Crippen molar-refractivity contribution in [3.05, 3.63) is 88.9 Å². The molecule has 2 atom stereocenters. The number of nitrogens with one attached hydrogen (secondary N) is 1. The summed E-state index contributed by atoms with van der Waals surface area (Å²) < 4.78 is 5.20. The molecular formula is C25H23ClN2O4. The zero-order chi connectivity index (χ0) is 22.9. The number of amides is 1. The highest BCUT2D eigenvalue weighted by Gasteiger charge is 2.58. The summed E-state index contributed by atoms with van der Waals surface area (Å²) in [7, 11) is 1.56. The SMILES string of the molecule is COc1ccc(N[C@@]2([C@@H](O)C(C)=O)C(=O)N(Cc3ccccc3)c3cccc(Cl)c32)cc1. The molecule has 2 N–H and O–H groups in total. The van der Waals surface area contributed by atoms with E-state index in [1.807, 2.05) is 30.3 Å². The van der Waals surface area contributed by atoms with Gasteiger partial charge in [0.1, 0.15) is 11.9 Å². The number of nitrogens with zero attached hydrogens (tertiary/aromatic N) is 1. The van der Waals surface area contributed by atoms with Crippen molar-refractivity contribution < 1.29 is 19.4 Å². The zero-order valence-corrected chi connectivity index (χ0v) is 18.5. The van der Waals surface area contributed by atoms with E-state index in [0.717, 1.165) is 5.56 Å². The van der Waals surface area contributed by atoms with Crippen LogP contribution in [-0.4, -0.2) is 30.0 Å². The van der Waals surface area contributed by atoms with E-state index in [-0.39, 0.29) is 11.6 Å². The third-order valence-corrected chi connectivity index (χ3v) is 5.98. The van der Waals surface area contributed by atoms with Crippen LogP contribution in [0.25, 0.3) is 0 Å². The van der Waals surface area contributed by atoms with Gasteiger partial charge in [-0.25, -0.2) is 0 Å². The maximum Gasteiger partial charge on any atom is 0.261 e. The van der Waals surface area contributed by atoms with Crippen molar-refractivity contribution >= 4 is 34.7 Å². The Morgan fingerprint density at radius 3 is 2.41 bits per heavy atom. The van der Waals surface area contributed by atoms with Crippen molar-refractivity contribution in [3.8, 4) is 5.75 Å². The summed E-state index contributed by atoms with van der Waals surface area (Å²) >= 11 is 6.59. The summed E-state index contributed by atoms with van der Waals surface area (Å²) in [6.07, 6.45) is -1.66. The van der Waals surface area contributed by atoms with Crippen LogP contribution >= 0.6 is 11.6 Å². The second-order valence-electron chi connectivity index (χ2n) is 7.69. The van der Waals surface area contributed by atoms with Crippen molar-refractivity contribution in [1.29, 1.82) is 0 Å². The Hall–Kier alpha value is -3.35. The Balaban J connectivity index is 1.88. The van der Waals surface area contributed by atoms with Crippen LogP contribution in [0.3, 0.4) is 0 Å². The summed E-state index contributed by atoms with van der Waals surface area (Å²) in [5, 5.41) is 14.6. The molecule has 3 aromatic rings. The average molecular weight is 451 g/mol. The number of benzene rings is 3. The first-order valence-corrected chi connectivity index (χ1v) is 10.5. The molecule has 0 fully saturated rings. The number of rotatable bonds is 7. The zero-order valence-electron chi connectivity index (χ0n) is 17.7. The molecule has 1 aliphatic rings. The van der Waals surface area contributed by atoms with E-state index < -0.39 is 23.3 Å². The highest BCUT2D eigenvalue weighted by Crippen LogP contribution is 2.48. The molecule has 0 saturated carbocycles. The number of aliphatic hydroxyl groups excluding tert-OH is 1. The van der Waals surface area contributed by atoms with Crippen molar-refractivity contribution in [3.63, 3.8) is 0 Å². The van der Waals surface area contributed by atoms with Crippen molar-refractivity contribution in [2.75, 3.05) is 17.3 Å². The van der Waals surface area contributed by atoms with Gasteiger partial charge in [0.05, 0.1) is 19.3 Å². The predicted octanol–water partition coefficient (Wildman–Crippen LogP) is 4.15. The standard InChI is InChI=1S/C25H23ClN2O4/c1-16(29)23(30)25(27-18-11-13-19(32-2)14-12-18)22-20(26)9-6-10-21(22)28(24(25)31)15-17-7-4-3-5-8-17/h3-14,23,27,30H,15H2,1-2H3/t23-,25-/m0/s1. The molecular weight excluding hydrogens is 428 g/mol. The summed E-state index contributed by atoms with van der Waals surface area (Å²) in [6.45, 7) is 1.52. The number of ketones is 1. The number of Topliss-reactive ketones (excluding diaryl/α,β-unsaturated/α-hetero) is 1. The largest absolute Gasteiger partial charge is 0.497 e. The van der Waals surface area contributed by atoms with Gasteiger partial charge in [-0.05, 0) is 48.9 Å². The number of halogens is 1. The molecule has 1 aliphatic heterocycles. The molecule has 0 aromatic heterocycles. The molecule has 32 heavy (non-hydrogen) atoms. The van der Waals surface area contributed by atoms with Crippen molar-refractivity contribution in [2.45, 2.75) is 25.1 Å². The third kappa shape index (κ3) is 3.61. The maximum atomic E-state index is 14.0. The van der Waals surface area contributed by atoms with Crippen molar-refractivity contribution in [2.24, 2.45) is 0 Å². The Bertz CT molecular complexity index is 1150. The van der Waals surface area contributed by atoms with Crippen LogP contribution in [0.5, 0.6) is 5.75 Å². The lowest BCUT2D eigenvalue weighted by atomic mass is 9.83. The molecule has 0 unspecified atom stereocenters. The van der Waals surface area contributed by atoms with Gasteiger partial charge in [0.25, 0.3) is 5.91 Å². The molecule has 3 aromatic carbocycles. The first-order chi connectivity index (χ1) is 15.4. The third-order valence-electron chi connectivity index (χ3n) is 5.67. The van der Waals surface area contributed by atoms with Gasteiger partial charge in [-0.2, -0.15) is 0 Å². The van der Waals surface area contributed by atoms with E-state index in [2.05, 4.69) is 5.32 Å². The monoisotopic (exact) mass is 450 g/mol. The van der Waals surface area contributed by atoms with Gasteiger partial charge in [-0.3, -0.25) is 9.59 Å². The number of ether oxygens (including phenoxy) is 1. The first-order valence-electron chi connectivity index (χ1n) is 10.1. The van der Waals surface area contributed by atoms with Gasteiger partial charge in [-0.15, -0.1) is 0 Å². The fourth-order valence-corrected chi connectivity index (χ4v) is 4.44. The van der Waals surface area contributed by atoms with E-state index in [9.17, 15) is 14.7 Å². The van der Waals surface area contributed by atoms with Crippen LogP contribution < -0.4 is 15.0 Å². The first kappa shape index (κ1) is 21.9. The van der Waals surface area contributed by atoms with Crippen LogP contribution in [0, 0.1) is 0 Å². The minimum absolute atomic E-state index is 0.268. The maximum absolute atomic E-state index is 14.0. The molecule has 164 valence electrons. The van der Waals surface area contributed by atoms with E-state index >= 15 is 0 Å². The summed E-state index contributed by atoms with van der Waals surface area (Å²) in [6, 6.07) is 21.6. The number of hydrogen-bond acceptors (Lipinski definition) is 5. The molecule has 7 heteroatoms. The van der Waals surface area contributed by atoms with Crippen LogP contribution in [0.15, 0.2) is 72.8 Å². The molecule has 0 radical (unpaired) electrons. The minimum Gasteiger partial charge on any atom is -0.497 e. The summed E-state index contributed by atoms with van der Waals surface area (Å²) in [5.74, 6) is -0.367. The molecule has 1 amide bonds. The lowest BCUT2D eigenvalue weighted by Gasteiger charge is -2.34. The lowest BCUT2D eigenvalue weighted by molar-refractivity contribution is -0.136. The Morgan fingerprint density at radius 2 is 1.78 bits per heavy atom. The van der Waals surface area contributed by atoms with Gasteiger partial charge in [0, 0.05) is 16.3 Å². The van der Waals surface area contributed by atoms with Crippen LogP contribution in [0.2, 0.25) is 5.02 Å². The minimum atomic E-state index is -1.77. The molecule has 0 aliphatic carbocycles. The molecule has 0 saturated heterocycles. The van der Waals surface area contributed by atoms with Gasteiger partial charge in [0.2, 0.25) is 0 Å². The predicted molar refractivity (Wildman–Crippen MR) is 124 cm³/mol. The molecule has 0 bridgehead atoms. The van der Waals surface area contributed by atoms with Gasteiger partial charge in [0.15, 0.2) is 11.3 Å². The van der Waals surface area contributed by atoms with E-state index in [1.54, 1.807) is 54.5 Å². The Morgan fingerprint density at radius 1 is 1.09 bits per heavy atom. The number of carbonyl (C=O) groups is 2. The number of anilines is 2. The van der Waals surface area contributed by atoms with Gasteiger partial charge in [-0.1, -0.05) is 48.0 Å². The van der Waals surface area contributed by atoms with Crippen LogP contribution in [0.4, 0.5) is 11.4 Å². The summed E-state index contributed by atoms with van der Waals surface area (Å²) in [5.41, 5.74) is 0.591. The van der Waals surface area contributed by atoms with E-state index in [0.29, 0.717) is 22.7 Å². The highest BCUT2D eigenvalue weighted by molar-refractivity contribution is 6.33. The normalized spacial score (nSPS) is 18.2. The fourth-order valence-electron chi connectivity index (χ4n) is 4.13. The number of methoxy groups -OCH3 is 1. The lowest BCUT2D eigenvalue weighted by Crippen LogP contribution is -2.56. The molecule has 6 nitrogen and oxygen atoms in total. The number of hydrogen-bond donors (Lipinski definition) is 2. The highest BCUT2D eigenvalue weighted by atomic mass is 35.5. The fraction of sp³-hybridized carbons (Fsp3) is 0.200. The Kier molecular flexibility index (Phi) is 5.91. The Labute approximate surface area is 191 Å². The van der Waals surface area contributed by atoms with Crippen molar-refractivity contribution in [1.82, 2.24) is 0 Å². The quantitative estimate of drug-likeness (QED) is 0.565. The average Bonchev–Trinajstić information content (AvgIpc) is 3.04. The smallest absolute Gasteiger partial charge is 0.261 e. The van der Waals surface area contributed by atoms with E-state index in [1.165, 1.54) is 6.92 Å². The second kappa shape index (κ2) is 8.65. The molecule has 1 heterocycles. The van der Waals surface area contributed by atoms with Gasteiger partial charge >= 0.3 is 0 Å². The number of carbonyl (C=O) groups excluding carboxylic acids is 2. The molecule has 0 spiro atoms. The van der Waals surface area contributed by atoms with Gasteiger partial charge < -0.3 is 20.1 Å². The van der Waals surface area contributed by atoms with Crippen LogP contribution in [-0.2, 0) is 21.7 Å². The molecule has 4 rings (SSSR count). The topological polar surface area (TPSA) is 78.9 Å². The summed E-state index contributed by atoms with van der Waals surface area (Å²) in [4.78, 5) is 28.0. The number of aliphatic hydroxyl groups is 1. The second-order valence-corrected chi connectivity index (χ2v) is 8.09. The van der Waals surface area contributed by atoms with E-state index in [4.69, 9.17) is 16.3 Å².